The monoisotopic (exact) mass is 380 g/mol. The van der Waals surface area contributed by atoms with Crippen LogP contribution in [0, 0.1) is 0 Å². The summed E-state index contributed by atoms with van der Waals surface area (Å²) in [6, 6.07) is 9.71. The van der Waals surface area contributed by atoms with Crippen molar-refractivity contribution in [2.45, 2.75) is 18.4 Å². The topological polar surface area (TPSA) is 57.5 Å². The van der Waals surface area contributed by atoms with Crippen molar-refractivity contribution in [3.63, 3.8) is 0 Å². The van der Waals surface area contributed by atoms with Crippen LogP contribution in [-0.2, 0) is 10.4 Å². The Kier molecular flexibility index (Phi) is 4.23. The molecule has 0 spiro atoms. The van der Waals surface area contributed by atoms with Crippen LogP contribution in [0.5, 0.6) is 0 Å². The highest BCUT2D eigenvalue weighted by Gasteiger charge is 2.39. The molecule has 0 saturated carbocycles. The Morgan fingerprint density at radius 1 is 1.28 bits per heavy atom. The third-order valence-electron chi connectivity index (χ3n) is 3.46. The predicted octanol–water partition coefficient (Wildman–Crippen LogP) is 2.91. The molecule has 1 aliphatic rings. The van der Waals surface area contributed by atoms with E-state index in [1.165, 1.54) is 0 Å². The van der Waals surface area contributed by atoms with Gasteiger partial charge in [0.25, 0.3) is 0 Å². The molecule has 1 aliphatic heterocycles. The van der Waals surface area contributed by atoms with Crippen molar-refractivity contribution in [1.29, 1.82) is 0 Å². The number of carboxylic acids is 1. The summed E-state index contributed by atoms with van der Waals surface area (Å²) in [5, 5.41) is 19.6. The van der Waals surface area contributed by atoms with E-state index in [1.807, 2.05) is 30.3 Å². The van der Waals surface area contributed by atoms with Gasteiger partial charge >= 0.3 is 5.97 Å². The van der Waals surface area contributed by atoms with Gasteiger partial charge in [0, 0.05) is 0 Å². The summed E-state index contributed by atoms with van der Waals surface area (Å²) < 4.78 is 0. The molecule has 0 aromatic heterocycles. The average molecular weight is 380 g/mol. The summed E-state index contributed by atoms with van der Waals surface area (Å²) in [5.74, 6) is 1.19. The maximum atomic E-state index is 10.9. The maximum absolute atomic E-state index is 10.9. The van der Waals surface area contributed by atoms with Gasteiger partial charge in [0.2, 0.25) is 0 Å². The van der Waals surface area contributed by atoms with Gasteiger partial charge in [-0.25, -0.2) is 0 Å². The molecule has 1 heterocycles. The van der Waals surface area contributed by atoms with Crippen LogP contribution in [0.2, 0.25) is 0 Å². The van der Waals surface area contributed by atoms with Gasteiger partial charge in [0.05, 0.1) is 11.4 Å². The van der Waals surface area contributed by atoms with Crippen LogP contribution in [0.3, 0.4) is 0 Å². The van der Waals surface area contributed by atoms with Gasteiger partial charge in [-0.1, -0.05) is 30.3 Å². The maximum Gasteiger partial charge on any atom is 0.312 e. The molecule has 1 fully saturated rings. The van der Waals surface area contributed by atoms with Gasteiger partial charge < -0.3 is 10.2 Å². The normalized spacial score (nSPS) is 35.7. The summed E-state index contributed by atoms with van der Waals surface area (Å²) in [5.41, 5.74) is 0.194. The molecule has 0 atom stereocenters. The third kappa shape index (κ3) is 3.19. The molecule has 0 radical (unpaired) electrons. The van der Waals surface area contributed by atoms with Crippen LogP contribution >= 0.6 is 28.4 Å². The molecule has 3 nitrogen and oxygen atoms in total. The molecule has 0 bridgehead atoms. The van der Waals surface area contributed by atoms with E-state index in [-0.39, 0.29) is 5.75 Å². The van der Waals surface area contributed by atoms with E-state index in [4.69, 9.17) is 5.11 Å². The largest absolute Gasteiger partial charge is 0.481 e. The van der Waals surface area contributed by atoms with E-state index >= 15 is 0 Å². The van der Waals surface area contributed by atoms with Crippen molar-refractivity contribution in [3.8, 4) is 0 Å². The molecule has 0 amide bonds. The van der Waals surface area contributed by atoms with E-state index in [0.717, 1.165) is 17.1 Å². The third-order valence-corrected chi connectivity index (χ3v) is 9.67. The average Bonchev–Trinajstić information content (AvgIpc) is 2.34. The molecule has 1 saturated heterocycles. The fraction of sp³-hybridized carbons (Fsp3) is 0.462. The van der Waals surface area contributed by atoms with E-state index in [1.54, 1.807) is 0 Å². The summed E-state index contributed by atoms with van der Waals surface area (Å²) in [4.78, 5) is 10.9. The fourth-order valence-electron chi connectivity index (χ4n) is 2.33. The van der Waals surface area contributed by atoms with Crippen LogP contribution in [0.1, 0.15) is 18.4 Å². The Morgan fingerprint density at radius 3 is 2.33 bits per heavy atom. The van der Waals surface area contributed by atoms with Crippen LogP contribution < -0.4 is 0 Å². The lowest BCUT2D eigenvalue weighted by molar-refractivity contribution is -0.133. The molecule has 100 valence electrons. The van der Waals surface area contributed by atoms with Gasteiger partial charge in [-0.3, -0.25) is 4.79 Å². The zero-order valence-electron chi connectivity index (χ0n) is 10.0. The van der Waals surface area contributed by atoms with Gasteiger partial charge in [0.15, 0.2) is 0 Å². The van der Waals surface area contributed by atoms with Crippen molar-refractivity contribution in [3.05, 3.63) is 35.9 Å². The molecule has 0 aliphatic carbocycles. The smallest absolute Gasteiger partial charge is 0.312 e. The summed E-state index contributed by atoms with van der Waals surface area (Å²) in [6.45, 7) is 0. The minimum atomic E-state index is -1.11. The van der Waals surface area contributed by atoms with Gasteiger partial charge in [-0.15, -0.1) is 0 Å². The molecule has 0 unspecified atom stereocenters. The second kappa shape index (κ2) is 5.38. The van der Waals surface area contributed by atoms with E-state index in [9.17, 15) is 9.90 Å². The number of aliphatic hydroxyl groups is 1. The number of halogens is 1. The Hall–Kier alpha value is -0.270. The van der Waals surface area contributed by atoms with Crippen molar-refractivity contribution in [1.82, 2.24) is 0 Å². The molecular weight excluding hydrogens is 363 g/mol. The summed E-state index contributed by atoms with van der Waals surface area (Å²) >= 11 is 2.33. The van der Waals surface area contributed by atoms with Crippen LogP contribution in [0.25, 0.3) is 0 Å². The predicted molar refractivity (Wildman–Crippen MR) is 83.4 cm³/mol. The lowest BCUT2D eigenvalue weighted by atomic mass is 9.88. The van der Waals surface area contributed by atoms with Crippen molar-refractivity contribution in [2.75, 3.05) is 17.3 Å². The number of carbonyl (C=O) groups is 1. The first-order valence-electron chi connectivity index (χ1n) is 5.89. The first-order chi connectivity index (χ1) is 8.44. The van der Waals surface area contributed by atoms with E-state index in [2.05, 4.69) is 21.2 Å². The highest BCUT2D eigenvalue weighted by Crippen LogP contribution is 2.62. The number of hydrogen-bond acceptors (Lipinski definition) is 2. The molecule has 2 N–H and O–H groups in total. The SMILES string of the molecule is O=C(O)CS1(I)CCC(O)(c2ccccc2)CC1. The summed E-state index contributed by atoms with van der Waals surface area (Å²) in [7, 11) is -1.11. The molecule has 1 aromatic carbocycles. The van der Waals surface area contributed by atoms with Gasteiger partial charge in [0.1, 0.15) is 0 Å². The molecule has 18 heavy (non-hydrogen) atoms. The standard InChI is InChI=1S/C13H17IO3S/c14-18(10-12(15)16)8-6-13(17,7-9-18)11-4-2-1-3-5-11/h1-5,17H,6-10H2,(H,15,16). The molecular formula is C13H17IO3S. The van der Waals surface area contributed by atoms with Crippen LogP contribution in [-0.4, -0.2) is 33.4 Å². The zero-order valence-corrected chi connectivity index (χ0v) is 13.0. The lowest BCUT2D eigenvalue weighted by Crippen LogP contribution is -2.35. The Bertz CT molecular complexity index is 427. The van der Waals surface area contributed by atoms with Crippen molar-refractivity contribution in [2.24, 2.45) is 0 Å². The van der Waals surface area contributed by atoms with Crippen LogP contribution in [0.4, 0.5) is 0 Å². The molecule has 1 aromatic rings. The van der Waals surface area contributed by atoms with Gasteiger partial charge in [-0.2, -0.15) is 7.20 Å². The van der Waals surface area contributed by atoms with Crippen LogP contribution in [0.15, 0.2) is 30.3 Å². The Labute approximate surface area is 120 Å². The number of rotatable bonds is 3. The Morgan fingerprint density at radius 2 is 1.83 bits per heavy atom. The molecule has 2 rings (SSSR count). The minimum absolute atomic E-state index is 0.262. The van der Waals surface area contributed by atoms with E-state index < -0.39 is 18.8 Å². The van der Waals surface area contributed by atoms with Gasteiger partial charge in [-0.05, 0) is 51.1 Å². The number of aliphatic carboxylic acids is 1. The first kappa shape index (κ1) is 14.1. The highest BCUT2D eigenvalue weighted by molar-refractivity contribution is 14.2. The quantitative estimate of drug-likeness (QED) is 0.793. The number of hydrogen-bond donors (Lipinski definition) is 2. The molecule has 5 heteroatoms. The lowest BCUT2D eigenvalue weighted by Gasteiger charge is -2.43. The van der Waals surface area contributed by atoms with Crippen molar-refractivity contribution < 1.29 is 15.0 Å². The first-order valence-corrected chi connectivity index (χ1v) is 10.6. The second-order valence-corrected chi connectivity index (χ2v) is 13.4. The minimum Gasteiger partial charge on any atom is -0.481 e. The number of carboxylic acid groups (broad SMARTS) is 1. The highest BCUT2D eigenvalue weighted by atomic mass is 127. The summed E-state index contributed by atoms with van der Waals surface area (Å²) in [6.07, 6.45) is 1.34. The Balaban J connectivity index is 2.08. The number of benzene rings is 1. The second-order valence-electron chi connectivity index (χ2n) is 4.78. The zero-order chi connectivity index (χ0) is 13.2. The van der Waals surface area contributed by atoms with E-state index in [0.29, 0.717) is 12.8 Å². The fourth-order valence-corrected chi connectivity index (χ4v) is 6.80. The van der Waals surface area contributed by atoms with Crippen molar-refractivity contribution >= 4 is 34.4 Å².